The zero-order valence-corrected chi connectivity index (χ0v) is 14.9. The molecule has 26 heavy (non-hydrogen) atoms. The average Bonchev–Trinajstić information content (AvgIpc) is 2.87. The number of rotatable bonds is 3. The van der Waals surface area contributed by atoms with E-state index in [0.717, 1.165) is 11.3 Å². The number of carbonyl (C=O) groups excluding carboxylic acids is 1. The van der Waals surface area contributed by atoms with Crippen molar-refractivity contribution >= 4 is 16.9 Å². The molecule has 132 valence electrons. The van der Waals surface area contributed by atoms with Gasteiger partial charge in [0.25, 0.3) is 5.91 Å². The van der Waals surface area contributed by atoms with Crippen molar-refractivity contribution in [2.45, 2.75) is 26.0 Å². The summed E-state index contributed by atoms with van der Waals surface area (Å²) in [5, 5.41) is 0.485. The molecule has 1 atom stereocenters. The van der Waals surface area contributed by atoms with Gasteiger partial charge >= 0.3 is 0 Å². The molecule has 0 saturated carbocycles. The summed E-state index contributed by atoms with van der Waals surface area (Å²) in [5.41, 5.74) is 1.51. The van der Waals surface area contributed by atoms with E-state index >= 15 is 0 Å². The van der Waals surface area contributed by atoms with Crippen LogP contribution >= 0.6 is 0 Å². The lowest BCUT2D eigenvalue weighted by Gasteiger charge is -2.20. The first-order chi connectivity index (χ1) is 12.5. The number of para-hydroxylation sites is 1. The SMILES string of the molecule is CC(C)Oc1ccc(C2c3c(oc4ccccc4c3=O)C(=O)N2C)cc1. The minimum absolute atomic E-state index is 0.0794. The Morgan fingerprint density at radius 1 is 1.04 bits per heavy atom. The first kappa shape index (κ1) is 16.4. The van der Waals surface area contributed by atoms with Crippen molar-refractivity contribution in [2.24, 2.45) is 0 Å². The lowest BCUT2D eigenvalue weighted by molar-refractivity contribution is 0.0771. The number of amides is 1. The van der Waals surface area contributed by atoms with Crippen molar-refractivity contribution in [1.29, 1.82) is 0 Å². The van der Waals surface area contributed by atoms with E-state index < -0.39 is 6.04 Å². The summed E-state index contributed by atoms with van der Waals surface area (Å²) < 4.78 is 11.4. The number of nitrogens with zero attached hydrogens (tertiary/aromatic N) is 1. The van der Waals surface area contributed by atoms with Gasteiger partial charge in [-0.05, 0) is 43.7 Å². The average molecular weight is 349 g/mol. The highest BCUT2D eigenvalue weighted by Gasteiger charge is 2.40. The van der Waals surface area contributed by atoms with Crippen LogP contribution in [0, 0.1) is 0 Å². The van der Waals surface area contributed by atoms with Gasteiger partial charge in [0.1, 0.15) is 11.3 Å². The van der Waals surface area contributed by atoms with Crippen molar-refractivity contribution in [3.63, 3.8) is 0 Å². The molecule has 2 aromatic carbocycles. The van der Waals surface area contributed by atoms with Crippen LogP contribution in [0.1, 0.15) is 41.6 Å². The van der Waals surface area contributed by atoms with Crippen LogP contribution in [0.25, 0.3) is 11.0 Å². The fraction of sp³-hybridized carbons (Fsp3) is 0.238. The zero-order valence-electron chi connectivity index (χ0n) is 14.9. The van der Waals surface area contributed by atoms with Gasteiger partial charge in [0, 0.05) is 7.05 Å². The van der Waals surface area contributed by atoms with Crippen LogP contribution in [0.5, 0.6) is 5.75 Å². The molecule has 0 N–H and O–H groups in total. The van der Waals surface area contributed by atoms with Gasteiger partial charge in [-0.3, -0.25) is 9.59 Å². The maximum absolute atomic E-state index is 13.0. The summed E-state index contributed by atoms with van der Waals surface area (Å²) in [6, 6.07) is 14.0. The predicted molar refractivity (Wildman–Crippen MR) is 98.6 cm³/mol. The second-order valence-corrected chi connectivity index (χ2v) is 6.72. The second-order valence-electron chi connectivity index (χ2n) is 6.72. The third-order valence-electron chi connectivity index (χ3n) is 4.58. The topological polar surface area (TPSA) is 59.8 Å². The third kappa shape index (κ3) is 2.47. The Bertz CT molecular complexity index is 1050. The molecule has 3 aromatic rings. The first-order valence-electron chi connectivity index (χ1n) is 8.57. The van der Waals surface area contributed by atoms with Gasteiger partial charge in [0.05, 0.1) is 23.1 Å². The standard InChI is InChI=1S/C21H19NO4/c1-12(2)25-14-10-8-13(9-11-14)18-17-19(23)15-6-4-5-7-16(15)26-20(17)21(24)22(18)3/h4-12,18H,1-3H3. The van der Waals surface area contributed by atoms with Gasteiger partial charge in [-0.2, -0.15) is 0 Å². The molecule has 0 fully saturated rings. The Labute approximate surface area is 150 Å². The van der Waals surface area contributed by atoms with Crippen molar-refractivity contribution in [1.82, 2.24) is 4.90 Å². The molecular weight excluding hydrogens is 330 g/mol. The number of carbonyl (C=O) groups is 1. The first-order valence-corrected chi connectivity index (χ1v) is 8.57. The lowest BCUT2D eigenvalue weighted by atomic mass is 9.99. The van der Waals surface area contributed by atoms with Crippen molar-refractivity contribution in [3.8, 4) is 5.75 Å². The molecule has 1 unspecified atom stereocenters. The number of hydrogen-bond acceptors (Lipinski definition) is 4. The van der Waals surface area contributed by atoms with Gasteiger partial charge in [-0.1, -0.05) is 24.3 Å². The predicted octanol–water partition coefficient (Wildman–Crippen LogP) is 3.76. The van der Waals surface area contributed by atoms with Gasteiger partial charge in [-0.15, -0.1) is 0 Å². The highest BCUT2D eigenvalue weighted by atomic mass is 16.5. The van der Waals surface area contributed by atoms with E-state index in [2.05, 4.69) is 0 Å². The minimum Gasteiger partial charge on any atom is -0.491 e. The maximum Gasteiger partial charge on any atom is 0.290 e. The van der Waals surface area contributed by atoms with Gasteiger partial charge in [0.2, 0.25) is 5.76 Å². The monoisotopic (exact) mass is 349 g/mol. The number of ether oxygens (including phenoxy) is 1. The Morgan fingerprint density at radius 3 is 2.42 bits per heavy atom. The summed E-state index contributed by atoms with van der Waals surface area (Å²) >= 11 is 0. The van der Waals surface area contributed by atoms with Crippen LogP contribution in [-0.2, 0) is 0 Å². The third-order valence-corrected chi connectivity index (χ3v) is 4.58. The molecule has 0 spiro atoms. The lowest BCUT2D eigenvalue weighted by Crippen LogP contribution is -2.25. The van der Waals surface area contributed by atoms with Gasteiger partial charge < -0.3 is 14.1 Å². The van der Waals surface area contributed by atoms with Crippen molar-refractivity contribution in [3.05, 3.63) is 75.6 Å². The Kier molecular flexibility index (Phi) is 3.80. The summed E-state index contributed by atoms with van der Waals surface area (Å²) in [5.74, 6) is 0.598. The zero-order chi connectivity index (χ0) is 18.4. The van der Waals surface area contributed by atoms with E-state index in [-0.39, 0.29) is 23.2 Å². The molecule has 0 saturated heterocycles. The van der Waals surface area contributed by atoms with Crippen LogP contribution in [-0.4, -0.2) is 24.0 Å². The van der Waals surface area contributed by atoms with E-state index in [0.29, 0.717) is 16.5 Å². The molecular formula is C21H19NO4. The normalized spacial score (nSPS) is 16.4. The Hall–Kier alpha value is -3.08. The molecule has 5 heteroatoms. The molecule has 1 aliphatic rings. The number of hydrogen-bond donors (Lipinski definition) is 0. The van der Waals surface area contributed by atoms with Gasteiger partial charge in [0.15, 0.2) is 5.43 Å². The van der Waals surface area contributed by atoms with Crippen LogP contribution in [0.2, 0.25) is 0 Å². The van der Waals surface area contributed by atoms with E-state index in [9.17, 15) is 9.59 Å². The van der Waals surface area contributed by atoms with Crippen LogP contribution in [0.15, 0.2) is 57.7 Å². The smallest absolute Gasteiger partial charge is 0.290 e. The highest BCUT2D eigenvalue weighted by molar-refractivity contribution is 5.98. The van der Waals surface area contributed by atoms with Crippen LogP contribution in [0.3, 0.4) is 0 Å². The molecule has 0 radical (unpaired) electrons. The van der Waals surface area contributed by atoms with E-state index in [1.165, 1.54) is 0 Å². The molecule has 1 amide bonds. The fourth-order valence-corrected chi connectivity index (χ4v) is 3.43. The van der Waals surface area contributed by atoms with E-state index in [4.69, 9.17) is 9.15 Å². The largest absolute Gasteiger partial charge is 0.491 e. The molecule has 2 heterocycles. The molecule has 0 bridgehead atoms. The number of fused-ring (bicyclic) bond motifs is 2. The summed E-state index contributed by atoms with van der Waals surface area (Å²) in [6.07, 6.45) is 0.0794. The van der Waals surface area contributed by atoms with Crippen molar-refractivity contribution < 1.29 is 13.9 Å². The molecule has 5 nitrogen and oxygen atoms in total. The van der Waals surface area contributed by atoms with Crippen molar-refractivity contribution in [2.75, 3.05) is 7.05 Å². The van der Waals surface area contributed by atoms with E-state index in [1.807, 2.05) is 38.1 Å². The van der Waals surface area contributed by atoms with Crippen LogP contribution in [0.4, 0.5) is 0 Å². The molecule has 1 aromatic heterocycles. The molecule has 0 aliphatic carbocycles. The molecule has 4 rings (SSSR count). The summed E-state index contributed by atoms with van der Waals surface area (Å²) in [6.45, 7) is 3.92. The van der Waals surface area contributed by atoms with E-state index in [1.54, 1.807) is 36.2 Å². The summed E-state index contributed by atoms with van der Waals surface area (Å²) in [4.78, 5) is 27.2. The number of benzene rings is 2. The molecule has 1 aliphatic heterocycles. The quantitative estimate of drug-likeness (QED) is 0.722. The maximum atomic E-state index is 13.0. The van der Waals surface area contributed by atoms with Gasteiger partial charge in [-0.25, -0.2) is 0 Å². The minimum atomic E-state index is -0.466. The summed E-state index contributed by atoms with van der Waals surface area (Å²) in [7, 11) is 1.69. The van der Waals surface area contributed by atoms with Crippen LogP contribution < -0.4 is 10.2 Å². The Morgan fingerprint density at radius 2 is 1.73 bits per heavy atom. The second kappa shape index (κ2) is 6.02. The fourth-order valence-electron chi connectivity index (χ4n) is 3.43. The highest BCUT2D eigenvalue weighted by Crippen LogP contribution is 2.37. The Balaban J connectivity index is 1.86.